The minimum atomic E-state index is 0.419. The summed E-state index contributed by atoms with van der Waals surface area (Å²) < 4.78 is 0. The van der Waals surface area contributed by atoms with Gasteiger partial charge in [-0.2, -0.15) is 0 Å². The van der Waals surface area contributed by atoms with E-state index >= 15 is 0 Å². The number of anilines is 1. The maximum atomic E-state index is 3.57. The van der Waals surface area contributed by atoms with Crippen LogP contribution < -0.4 is 5.32 Å². The molecular weight excluding hydrogens is 194 g/mol. The minimum absolute atomic E-state index is 0.419. The van der Waals surface area contributed by atoms with Crippen molar-refractivity contribution in [2.45, 2.75) is 26.3 Å². The smallest absolute Gasteiger partial charge is 0.0510 e. The zero-order valence-corrected chi connectivity index (χ0v) is 9.98. The molecule has 1 N–H and O–H groups in total. The number of hydrogen-bond acceptors (Lipinski definition) is 1. The predicted molar refractivity (Wildman–Crippen MR) is 70.5 cm³/mol. The first-order valence-corrected chi connectivity index (χ1v) is 6.00. The first kappa shape index (κ1) is 11.0. The van der Waals surface area contributed by atoms with E-state index in [9.17, 15) is 0 Å². The van der Waals surface area contributed by atoms with Gasteiger partial charge in [0.1, 0.15) is 0 Å². The standard InChI is InChI=1S/C15H19N/c1-3-13-8-7-11-15(12(13)2)16-14-9-5-4-6-10-14/h4-12,15-16H,3H2,1-2H3. The number of rotatable bonds is 3. The van der Waals surface area contributed by atoms with Crippen LogP contribution in [0.5, 0.6) is 0 Å². The first-order valence-electron chi connectivity index (χ1n) is 6.00. The molecule has 0 saturated heterocycles. The molecule has 0 bridgehead atoms. The molecule has 16 heavy (non-hydrogen) atoms. The second-order valence-corrected chi connectivity index (χ2v) is 4.30. The molecule has 0 spiro atoms. The van der Waals surface area contributed by atoms with Gasteiger partial charge in [0.05, 0.1) is 6.04 Å². The van der Waals surface area contributed by atoms with Crippen LogP contribution in [0.15, 0.2) is 54.1 Å². The molecule has 1 nitrogen and oxygen atoms in total. The van der Waals surface area contributed by atoms with Gasteiger partial charge in [-0.15, -0.1) is 0 Å². The largest absolute Gasteiger partial charge is 0.378 e. The third-order valence-corrected chi connectivity index (χ3v) is 3.27. The molecular formula is C15H19N. The van der Waals surface area contributed by atoms with Crippen LogP contribution in [0.4, 0.5) is 5.69 Å². The van der Waals surface area contributed by atoms with Gasteiger partial charge in [0, 0.05) is 11.6 Å². The fourth-order valence-electron chi connectivity index (χ4n) is 2.19. The summed E-state index contributed by atoms with van der Waals surface area (Å²) in [6, 6.07) is 10.8. The van der Waals surface area contributed by atoms with Crippen LogP contribution in [0, 0.1) is 5.92 Å². The Morgan fingerprint density at radius 3 is 2.62 bits per heavy atom. The van der Waals surface area contributed by atoms with Crippen LogP contribution in [0.25, 0.3) is 0 Å². The fourth-order valence-corrected chi connectivity index (χ4v) is 2.19. The van der Waals surface area contributed by atoms with E-state index in [1.165, 1.54) is 11.3 Å². The minimum Gasteiger partial charge on any atom is -0.378 e. The summed E-state index contributed by atoms with van der Waals surface area (Å²) in [6.45, 7) is 4.51. The molecule has 0 amide bonds. The lowest BCUT2D eigenvalue weighted by Gasteiger charge is -2.27. The highest BCUT2D eigenvalue weighted by atomic mass is 14.9. The Morgan fingerprint density at radius 2 is 1.94 bits per heavy atom. The monoisotopic (exact) mass is 213 g/mol. The van der Waals surface area contributed by atoms with Crippen molar-refractivity contribution in [2.24, 2.45) is 5.92 Å². The van der Waals surface area contributed by atoms with Crippen molar-refractivity contribution in [1.82, 2.24) is 0 Å². The van der Waals surface area contributed by atoms with Crippen LogP contribution in [0.2, 0.25) is 0 Å². The Bertz CT molecular complexity index is 389. The summed E-state index contributed by atoms with van der Waals surface area (Å²) in [6.07, 6.45) is 7.79. The molecule has 0 saturated carbocycles. The van der Waals surface area contributed by atoms with Crippen molar-refractivity contribution in [1.29, 1.82) is 0 Å². The third kappa shape index (κ3) is 2.35. The number of allylic oxidation sites excluding steroid dienone is 2. The highest BCUT2D eigenvalue weighted by molar-refractivity contribution is 5.46. The average molecular weight is 213 g/mol. The zero-order chi connectivity index (χ0) is 11.4. The fraction of sp³-hybridized carbons (Fsp3) is 0.333. The van der Waals surface area contributed by atoms with Crippen molar-refractivity contribution >= 4 is 5.69 Å². The Morgan fingerprint density at radius 1 is 1.19 bits per heavy atom. The Hall–Kier alpha value is -1.50. The van der Waals surface area contributed by atoms with Crippen molar-refractivity contribution in [3.05, 3.63) is 54.1 Å². The van der Waals surface area contributed by atoms with Crippen LogP contribution >= 0.6 is 0 Å². The van der Waals surface area contributed by atoms with E-state index in [2.05, 4.69) is 61.7 Å². The van der Waals surface area contributed by atoms with Crippen LogP contribution in [0.1, 0.15) is 20.3 Å². The number of para-hydroxylation sites is 1. The predicted octanol–water partition coefficient (Wildman–Crippen LogP) is 4.01. The number of nitrogens with one attached hydrogen (secondary N) is 1. The molecule has 84 valence electrons. The maximum Gasteiger partial charge on any atom is 0.0510 e. The molecule has 0 aromatic heterocycles. The third-order valence-electron chi connectivity index (χ3n) is 3.27. The van der Waals surface area contributed by atoms with Gasteiger partial charge in [-0.05, 0) is 18.6 Å². The maximum absolute atomic E-state index is 3.57. The van der Waals surface area contributed by atoms with E-state index in [1.54, 1.807) is 0 Å². The lowest BCUT2D eigenvalue weighted by Crippen LogP contribution is -2.28. The van der Waals surface area contributed by atoms with E-state index in [4.69, 9.17) is 0 Å². The summed E-state index contributed by atoms with van der Waals surface area (Å²) in [5.41, 5.74) is 2.72. The molecule has 1 aliphatic rings. The highest BCUT2D eigenvalue weighted by Gasteiger charge is 2.19. The molecule has 1 heteroatoms. The molecule has 1 aromatic carbocycles. The van der Waals surface area contributed by atoms with Crippen LogP contribution in [-0.4, -0.2) is 6.04 Å². The van der Waals surface area contributed by atoms with Gasteiger partial charge in [-0.3, -0.25) is 0 Å². The molecule has 1 aromatic rings. The van der Waals surface area contributed by atoms with E-state index in [0.29, 0.717) is 12.0 Å². The quantitative estimate of drug-likeness (QED) is 0.800. The molecule has 1 aliphatic carbocycles. The van der Waals surface area contributed by atoms with Gasteiger partial charge in [-0.25, -0.2) is 0 Å². The first-order chi connectivity index (χ1) is 7.81. The summed E-state index contributed by atoms with van der Waals surface area (Å²) in [5.74, 6) is 0.579. The van der Waals surface area contributed by atoms with Crippen molar-refractivity contribution in [2.75, 3.05) is 5.32 Å². The average Bonchev–Trinajstić information content (AvgIpc) is 2.33. The summed E-state index contributed by atoms with van der Waals surface area (Å²) in [7, 11) is 0. The molecule has 0 aliphatic heterocycles. The van der Waals surface area contributed by atoms with E-state index in [-0.39, 0.29) is 0 Å². The van der Waals surface area contributed by atoms with E-state index in [0.717, 1.165) is 6.42 Å². The summed E-state index contributed by atoms with van der Waals surface area (Å²) in [4.78, 5) is 0. The molecule has 2 atom stereocenters. The second-order valence-electron chi connectivity index (χ2n) is 4.30. The molecule has 0 radical (unpaired) electrons. The zero-order valence-electron chi connectivity index (χ0n) is 9.98. The highest BCUT2D eigenvalue weighted by Crippen LogP contribution is 2.25. The Labute approximate surface area is 97.9 Å². The van der Waals surface area contributed by atoms with Crippen molar-refractivity contribution in [3.8, 4) is 0 Å². The van der Waals surface area contributed by atoms with Gasteiger partial charge < -0.3 is 5.32 Å². The second kappa shape index (κ2) is 5.02. The van der Waals surface area contributed by atoms with Gasteiger partial charge in [0.15, 0.2) is 0 Å². The van der Waals surface area contributed by atoms with E-state index in [1.807, 2.05) is 6.07 Å². The number of benzene rings is 1. The molecule has 0 heterocycles. The van der Waals surface area contributed by atoms with Crippen LogP contribution in [0.3, 0.4) is 0 Å². The molecule has 2 unspecified atom stereocenters. The normalized spacial score (nSPS) is 24.0. The van der Waals surface area contributed by atoms with Gasteiger partial charge in [0.25, 0.3) is 0 Å². The van der Waals surface area contributed by atoms with Crippen molar-refractivity contribution < 1.29 is 0 Å². The molecule has 0 fully saturated rings. The van der Waals surface area contributed by atoms with Gasteiger partial charge in [-0.1, -0.05) is 55.8 Å². The van der Waals surface area contributed by atoms with Crippen LogP contribution in [-0.2, 0) is 0 Å². The number of hydrogen-bond donors (Lipinski definition) is 1. The Balaban J connectivity index is 2.07. The van der Waals surface area contributed by atoms with Gasteiger partial charge >= 0.3 is 0 Å². The topological polar surface area (TPSA) is 12.0 Å². The summed E-state index contributed by atoms with van der Waals surface area (Å²) >= 11 is 0. The lowest BCUT2D eigenvalue weighted by atomic mass is 9.87. The summed E-state index contributed by atoms with van der Waals surface area (Å²) in [5, 5.41) is 3.57. The molecule has 2 rings (SSSR count). The SMILES string of the molecule is CCC1=CC=CC(Nc2ccccc2)C1C. The van der Waals surface area contributed by atoms with E-state index < -0.39 is 0 Å². The van der Waals surface area contributed by atoms with Crippen molar-refractivity contribution in [3.63, 3.8) is 0 Å². The Kier molecular flexibility index (Phi) is 3.45. The lowest BCUT2D eigenvalue weighted by molar-refractivity contribution is 0.602. The van der Waals surface area contributed by atoms with Gasteiger partial charge in [0.2, 0.25) is 0 Å².